The predicted octanol–water partition coefficient (Wildman–Crippen LogP) is 3.38. The number of carbonyl (C=O) groups is 1. The normalized spacial score (nSPS) is 19.5. The average Bonchev–Trinajstić information content (AvgIpc) is 2.75. The van der Waals surface area contributed by atoms with Crippen LogP contribution in [0, 0.1) is 0 Å². The Morgan fingerprint density at radius 2 is 2.09 bits per heavy atom. The van der Waals surface area contributed by atoms with Gasteiger partial charge in [-0.15, -0.1) is 0 Å². The van der Waals surface area contributed by atoms with Crippen LogP contribution < -0.4 is 5.32 Å². The lowest BCUT2D eigenvalue weighted by Gasteiger charge is -2.22. The molecule has 1 aliphatic heterocycles. The predicted molar refractivity (Wildman–Crippen MR) is 88.7 cm³/mol. The number of hydrogen-bond acceptors (Lipinski definition) is 2. The summed E-state index contributed by atoms with van der Waals surface area (Å²) in [5.41, 5.74) is 4.13. The van der Waals surface area contributed by atoms with Crippen molar-refractivity contribution in [2.24, 2.45) is 7.05 Å². The Balaban J connectivity index is 2.09. The van der Waals surface area contributed by atoms with E-state index in [9.17, 15) is 4.79 Å². The van der Waals surface area contributed by atoms with Crippen molar-refractivity contribution in [2.45, 2.75) is 44.9 Å². The van der Waals surface area contributed by atoms with Crippen molar-refractivity contribution < 1.29 is 4.79 Å². The van der Waals surface area contributed by atoms with Crippen LogP contribution >= 0.6 is 0 Å². The Bertz CT molecular complexity index is 764. The molecule has 1 atom stereocenters. The van der Waals surface area contributed by atoms with Crippen LogP contribution in [0.2, 0.25) is 0 Å². The van der Waals surface area contributed by atoms with Gasteiger partial charge in [-0.3, -0.25) is 9.48 Å². The summed E-state index contributed by atoms with van der Waals surface area (Å²) in [6, 6.07) is 6.44. The van der Waals surface area contributed by atoms with Crippen molar-refractivity contribution >= 4 is 16.8 Å². The highest BCUT2D eigenvalue weighted by molar-refractivity contribution is 5.92. The van der Waals surface area contributed by atoms with E-state index in [4.69, 9.17) is 0 Å². The van der Waals surface area contributed by atoms with Crippen molar-refractivity contribution in [3.8, 4) is 0 Å². The number of hydrogen-bond donors (Lipinski definition) is 1. The van der Waals surface area contributed by atoms with E-state index in [1.807, 2.05) is 11.7 Å². The van der Waals surface area contributed by atoms with Crippen LogP contribution in [0.15, 0.2) is 30.5 Å². The molecule has 1 fully saturated rings. The zero-order valence-electron chi connectivity index (χ0n) is 13.7. The topological polar surface area (TPSA) is 46.9 Å². The number of nitrogens with one attached hydrogen (secondary N) is 1. The van der Waals surface area contributed by atoms with Crippen molar-refractivity contribution in [3.05, 3.63) is 41.7 Å². The second-order valence-electron chi connectivity index (χ2n) is 7.17. The van der Waals surface area contributed by atoms with Crippen LogP contribution in [0.4, 0.5) is 0 Å². The van der Waals surface area contributed by atoms with Crippen molar-refractivity contribution in [1.29, 1.82) is 0 Å². The maximum absolute atomic E-state index is 12.3. The van der Waals surface area contributed by atoms with Gasteiger partial charge < -0.3 is 5.32 Å². The van der Waals surface area contributed by atoms with Gasteiger partial charge in [0.2, 0.25) is 5.91 Å². The van der Waals surface area contributed by atoms with Crippen LogP contribution in [0.5, 0.6) is 0 Å². The Hall–Kier alpha value is -2.10. The summed E-state index contributed by atoms with van der Waals surface area (Å²) < 4.78 is 1.89. The largest absolute Gasteiger partial charge is 0.330 e. The van der Waals surface area contributed by atoms with Gasteiger partial charge in [-0.05, 0) is 29.9 Å². The third-order valence-corrected chi connectivity index (χ3v) is 4.43. The van der Waals surface area contributed by atoms with Crippen LogP contribution in [-0.4, -0.2) is 15.7 Å². The molecule has 0 bridgehead atoms. The highest BCUT2D eigenvalue weighted by Gasteiger charge is 2.30. The number of nitrogens with zero attached hydrogens (tertiary/aromatic N) is 2. The second kappa shape index (κ2) is 4.97. The van der Waals surface area contributed by atoms with Gasteiger partial charge in [0.15, 0.2) is 0 Å². The minimum atomic E-state index is -0.185. The van der Waals surface area contributed by atoms with E-state index in [0.717, 1.165) is 35.1 Å². The smallest absolute Gasteiger partial charge is 0.233 e. The molecule has 3 rings (SSSR count). The number of amides is 1. The second-order valence-corrected chi connectivity index (χ2v) is 7.17. The van der Waals surface area contributed by atoms with Gasteiger partial charge in [-0.2, -0.15) is 5.10 Å². The fourth-order valence-corrected chi connectivity index (χ4v) is 3.04. The number of aromatic nitrogens is 2. The first-order chi connectivity index (χ1) is 10.3. The van der Waals surface area contributed by atoms with Crippen molar-refractivity contribution in [1.82, 2.24) is 15.1 Å². The summed E-state index contributed by atoms with van der Waals surface area (Å²) in [5, 5.41) is 8.57. The van der Waals surface area contributed by atoms with Crippen LogP contribution in [0.3, 0.4) is 0 Å². The molecular weight excluding hydrogens is 274 g/mol. The lowest BCUT2D eigenvalue weighted by atomic mass is 9.86. The van der Waals surface area contributed by atoms with E-state index in [1.165, 1.54) is 5.56 Å². The van der Waals surface area contributed by atoms with Crippen LogP contribution in [0.25, 0.3) is 10.9 Å². The lowest BCUT2D eigenvalue weighted by molar-refractivity contribution is -0.122. The van der Waals surface area contributed by atoms with Gasteiger partial charge in [0.05, 0.1) is 17.1 Å². The fraction of sp³-hybridized carbons (Fsp3) is 0.444. The first kappa shape index (κ1) is 14.8. The summed E-state index contributed by atoms with van der Waals surface area (Å²) in [6.07, 6.45) is 1.59. The molecule has 0 saturated carbocycles. The lowest BCUT2D eigenvalue weighted by Crippen LogP contribution is -2.33. The molecule has 0 aliphatic carbocycles. The Morgan fingerprint density at radius 1 is 1.36 bits per heavy atom. The molecule has 1 aliphatic rings. The summed E-state index contributed by atoms with van der Waals surface area (Å²) in [4.78, 5) is 12.3. The number of fused-ring (bicyclic) bond motifs is 1. The van der Waals surface area contributed by atoms with Crippen LogP contribution in [-0.2, 0) is 17.3 Å². The third kappa shape index (κ3) is 2.43. The number of allylic oxidation sites excluding steroid dienone is 1. The molecule has 1 aromatic carbocycles. The molecule has 116 valence electrons. The maximum atomic E-state index is 12.3. The zero-order chi connectivity index (χ0) is 16.1. The number of carbonyl (C=O) groups excluding carboxylic acids is 1. The number of rotatable bonds is 1. The molecular formula is C18H23N3O. The molecule has 22 heavy (non-hydrogen) atoms. The molecule has 0 spiro atoms. The van der Waals surface area contributed by atoms with Gasteiger partial charge in [0, 0.05) is 18.1 Å². The molecule has 0 radical (unpaired) electrons. The quantitative estimate of drug-likeness (QED) is 0.877. The highest BCUT2D eigenvalue weighted by atomic mass is 16.2. The summed E-state index contributed by atoms with van der Waals surface area (Å²) >= 11 is 0. The van der Waals surface area contributed by atoms with Gasteiger partial charge >= 0.3 is 0 Å². The highest BCUT2D eigenvalue weighted by Crippen LogP contribution is 2.33. The molecule has 4 nitrogen and oxygen atoms in total. The Kier molecular flexibility index (Phi) is 3.35. The molecule has 1 unspecified atom stereocenters. The Labute approximate surface area is 131 Å². The van der Waals surface area contributed by atoms with E-state index in [1.54, 1.807) is 0 Å². The molecule has 2 aromatic rings. The SMILES string of the molecule is C=C1CCC(c2nn(C)c3cc(C(C)(C)C)ccc23)C(=O)N1. The van der Waals surface area contributed by atoms with E-state index >= 15 is 0 Å². The minimum Gasteiger partial charge on any atom is -0.330 e. The summed E-state index contributed by atoms with van der Waals surface area (Å²) in [6.45, 7) is 10.4. The molecule has 1 amide bonds. The van der Waals surface area contributed by atoms with Gasteiger partial charge in [-0.1, -0.05) is 39.5 Å². The molecule has 1 aromatic heterocycles. The molecule has 1 saturated heterocycles. The molecule has 2 heterocycles. The maximum Gasteiger partial charge on any atom is 0.233 e. The van der Waals surface area contributed by atoms with E-state index in [0.29, 0.717) is 0 Å². The van der Waals surface area contributed by atoms with Crippen molar-refractivity contribution in [2.75, 3.05) is 0 Å². The monoisotopic (exact) mass is 297 g/mol. The Morgan fingerprint density at radius 3 is 2.73 bits per heavy atom. The number of aryl methyl sites for hydroxylation is 1. The average molecular weight is 297 g/mol. The van der Waals surface area contributed by atoms with Crippen LogP contribution in [0.1, 0.15) is 50.8 Å². The summed E-state index contributed by atoms with van der Waals surface area (Å²) in [5.74, 6) is -0.175. The third-order valence-electron chi connectivity index (χ3n) is 4.43. The molecule has 4 heteroatoms. The summed E-state index contributed by atoms with van der Waals surface area (Å²) in [7, 11) is 1.94. The fourth-order valence-electron chi connectivity index (χ4n) is 3.04. The van der Waals surface area contributed by atoms with Gasteiger partial charge in [0.25, 0.3) is 0 Å². The minimum absolute atomic E-state index is 0.0103. The van der Waals surface area contributed by atoms with Gasteiger partial charge in [-0.25, -0.2) is 0 Å². The zero-order valence-corrected chi connectivity index (χ0v) is 13.7. The first-order valence-electron chi connectivity index (χ1n) is 7.73. The molecule has 1 N–H and O–H groups in total. The van der Waals surface area contributed by atoms with E-state index in [-0.39, 0.29) is 17.2 Å². The van der Waals surface area contributed by atoms with E-state index in [2.05, 4.69) is 56.0 Å². The number of benzene rings is 1. The standard InChI is InChI=1S/C18H23N3O/c1-11-6-8-14(17(22)19-11)16-13-9-7-12(18(2,3)4)10-15(13)21(5)20-16/h7,9-10,14H,1,6,8H2,2-5H3,(H,19,22). The van der Waals surface area contributed by atoms with Crippen molar-refractivity contribution in [3.63, 3.8) is 0 Å². The van der Waals surface area contributed by atoms with E-state index < -0.39 is 0 Å². The first-order valence-corrected chi connectivity index (χ1v) is 7.73. The van der Waals surface area contributed by atoms with Gasteiger partial charge in [0.1, 0.15) is 0 Å². The number of piperidine rings is 1.